The Hall–Kier alpha value is -1.25. The third-order valence-electron chi connectivity index (χ3n) is 4.90. The molecule has 178 valence electrons. The van der Waals surface area contributed by atoms with Gasteiger partial charge in [0.2, 0.25) is 0 Å². The van der Waals surface area contributed by atoms with Crippen molar-refractivity contribution in [3.63, 3.8) is 0 Å². The number of unbranched alkanes of at least 4 members (excludes halogenated alkanes) is 13. The molecule has 0 atom stereocenters. The third-order valence-corrected chi connectivity index (χ3v) is 4.90. The molecule has 0 aliphatic heterocycles. The minimum absolute atomic E-state index is 0.142. The smallest absolute Gasteiger partial charge is 0.437 e. The van der Waals surface area contributed by atoms with E-state index in [4.69, 9.17) is 5.11 Å². The Morgan fingerprint density at radius 2 is 1.03 bits per heavy atom. The Morgan fingerprint density at radius 1 is 0.700 bits per heavy atom. The highest BCUT2D eigenvalue weighted by Gasteiger charge is 2.76. The summed E-state index contributed by atoms with van der Waals surface area (Å²) in [5, 5.41) is 8.85. The normalized spacial score (nSPS) is 12.8. The van der Waals surface area contributed by atoms with Crippen molar-refractivity contribution in [3.8, 4) is 0 Å². The molecule has 0 rings (SSSR count). The van der Waals surface area contributed by atoms with Crippen LogP contribution in [0, 0.1) is 0 Å². The summed E-state index contributed by atoms with van der Waals surface area (Å²) in [6, 6.07) is 0. The molecule has 0 saturated carbocycles. The lowest BCUT2D eigenvalue weighted by Crippen LogP contribution is -2.63. The molecule has 9 heteroatoms. The third kappa shape index (κ3) is 10.7. The van der Waals surface area contributed by atoms with Gasteiger partial charge in [-0.25, -0.2) is 4.79 Å². The van der Waals surface area contributed by atoms with Crippen LogP contribution in [0.5, 0.6) is 0 Å². The maximum absolute atomic E-state index is 12.5. The van der Waals surface area contributed by atoms with E-state index >= 15 is 0 Å². The maximum Gasteiger partial charge on any atom is 0.437 e. The summed E-state index contributed by atoms with van der Waals surface area (Å²) in [7, 11) is 0. The lowest BCUT2D eigenvalue weighted by molar-refractivity contribution is -0.356. The lowest BCUT2D eigenvalue weighted by Gasteiger charge is -2.29. The van der Waals surface area contributed by atoms with Gasteiger partial charge in [0.15, 0.2) is 0 Å². The maximum atomic E-state index is 12.5. The van der Waals surface area contributed by atoms with Crippen molar-refractivity contribution in [3.05, 3.63) is 12.7 Å². The van der Waals surface area contributed by atoms with Crippen molar-refractivity contribution in [2.45, 2.75) is 108 Å². The van der Waals surface area contributed by atoms with Crippen LogP contribution in [-0.2, 0) is 9.53 Å². The van der Waals surface area contributed by atoms with E-state index in [0.717, 1.165) is 38.5 Å². The molecule has 0 aromatic rings. The Kier molecular flexibility index (Phi) is 14.1. The average Bonchev–Trinajstić information content (AvgIpc) is 2.65. The fourth-order valence-electron chi connectivity index (χ4n) is 3.00. The number of halogens is 6. The van der Waals surface area contributed by atoms with Gasteiger partial charge in [-0.15, -0.1) is 6.58 Å². The zero-order chi connectivity index (χ0) is 23.1. The summed E-state index contributed by atoms with van der Waals surface area (Å²) in [5.41, 5.74) is -5.49. The van der Waals surface area contributed by atoms with Gasteiger partial charge in [0.05, 0.1) is 6.61 Å². The summed E-state index contributed by atoms with van der Waals surface area (Å²) in [6.45, 7) is 3.10. The van der Waals surface area contributed by atoms with E-state index in [-0.39, 0.29) is 6.42 Å². The second-order valence-corrected chi connectivity index (χ2v) is 7.52. The van der Waals surface area contributed by atoms with E-state index in [1.165, 1.54) is 38.5 Å². The van der Waals surface area contributed by atoms with E-state index in [1.807, 2.05) is 6.08 Å². The molecular formula is C21H34F6O3. The first kappa shape index (κ1) is 28.8. The second-order valence-electron chi connectivity index (χ2n) is 7.52. The van der Waals surface area contributed by atoms with Crippen LogP contribution in [0.4, 0.5) is 26.3 Å². The number of ether oxygens (including phenoxy) is 1. The van der Waals surface area contributed by atoms with Crippen LogP contribution in [0.1, 0.15) is 89.9 Å². The van der Waals surface area contributed by atoms with Crippen molar-refractivity contribution >= 4 is 5.97 Å². The number of esters is 1. The van der Waals surface area contributed by atoms with Gasteiger partial charge in [-0.1, -0.05) is 76.7 Å². The first-order chi connectivity index (χ1) is 14.0. The summed E-state index contributed by atoms with van der Waals surface area (Å²) in [4.78, 5) is 11.2. The molecule has 0 aromatic heterocycles. The van der Waals surface area contributed by atoms with Crippen LogP contribution in [0.25, 0.3) is 0 Å². The molecule has 0 spiro atoms. The number of carbonyl (C=O) groups is 1. The number of aliphatic hydroxyl groups is 1. The van der Waals surface area contributed by atoms with Crippen molar-refractivity contribution in [1.29, 1.82) is 0 Å². The second kappa shape index (κ2) is 14.7. The molecule has 30 heavy (non-hydrogen) atoms. The van der Waals surface area contributed by atoms with Crippen LogP contribution in [0.3, 0.4) is 0 Å². The van der Waals surface area contributed by atoms with Crippen LogP contribution < -0.4 is 0 Å². The molecule has 0 aliphatic rings. The van der Waals surface area contributed by atoms with Gasteiger partial charge in [-0.3, -0.25) is 0 Å². The highest BCUT2D eigenvalue weighted by molar-refractivity contribution is 5.81. The fraction of sp³-hybridized carbons (Fsp3) is 0.857. The predicted molar refractivity (Wildman–Crippen MR) is 103 cm³/mol. The number of carbonyl (C=O) groups excluding carboxylic acids is 1. The number of hydrogen-bond donors (Lipinski definition) is 1. The quantitative estimate of drug-likeness (QED) is 0.112. The van der Waals surface area contributed by atoms with E-state index in [2.05, 4.69) is 11.3 Å². The monoisotopic (exact) mass is 448 g/mol. The van der Waals surface area contributed by atoms with E-state index in [0.29, 0.717) is 6.42 Å². The summed E-state index contributed by atoms with van der Waals surface area (Å²) >= 11 is 0. The van der Waals surface area contributed by atoms with Crippen molar-refractivity contribution in [1.82, 2.24) is 0 Å². The molecule has 0 radical (unpaired) electrons. The summed E-state index contributed by atoms with van der Waals surface area (Å²) < 4.78 is 79.0. The minimum Gasteiger partial charge on any atom is -0.463 e. The zero-order valence-corrected chi connectivity index (χ0v) is 17.4. The SMILES string of the molecule is C=CCCCCCCCCCCCCCCCOC(=O)C(O)(C(F)(F)F)C(F)(F)F. The number of allylic oxidation sites excluding steroid dienone is 1. The highest BCUT2D eigenvalue weighted by atomic mass is 19.4. The molecule has 0 unspecified atom stereocenters. The molecule has 0 saturated heterocycles. The minimum atomic E-state index is -6.20. The van der Waals surface area contributed by atoms with Crippen LogP contribution in [-0.4, -0.2) is 35.6 Å². The first-order valence-corrected chi connectivity index (χ1v) is 10.6. The van der Waals surface area contributed by atoms with Crippen molar-refractivity contribution in [2.24, 2.45) is 0 Å². The number of alkyl halides is 6. The van der Waals surface area contributed by atoms with Crippen LogP contribution in [0.2, 0.25) is 0 Å². The van der Waals surface area contributed by atoms with Gasteiger partial charge in [0.25, 0.3) is 0 Å². The van der Waals surface area contributed by atoms with Crippen molar-refractivity contribution in [2.75, 3.05) is 6.61 Å². The molecule has 0 amide bonds. The zero-order valence-electron chi connectivity index (χ0n) is 17.4. The van der Waals surface area contributed by atoms with Gasteiger partial charge in [-0.05, 0) is 19.3 Å². The lowest BCUT2D eigenvalue weighted by atomic mass is 10.0. The molecule has 3 nitrogen and oxygen atoms in total. The topological polar surface area (TPSA) is 46.5 Å². The Bertz CT molecular complexity index is 460. The Balaban J connectivity index is 3.70. The summed E-state index contributed by atoms with van der Waals surface area (Å²) in [5.74, 6) is -2.73. The van der Waals surface area contributed by atoms with E-state index in [9.17, 15) is 31.1 Å². The van der Waals surface area contributed by atoms with Gasteiger partial charge in [-0.2, -0.15) is 26.3 Å². The van der Waals surface area contributed by atoms with Gasteiger partial charge in [0, 0.05) is 0 Å². The Labute approximate surface area is 174 Å². The molecule has 0 bridgehead atoms. The molecule has 0 aliphatic carbocycles. The van der Waals surface area contributed by atoms with Gasteiger partial charge >= 0.3 is 23.9 Å². The average molecular weight is 448 g/mol. The largest absolute Gasteiger partial charge is 0.463 e. The predicted octanol–water partition coefficient (Wildman–Crippen LogP) is 7.03. The van der Waals surface area contributed by atoms with E-state index in [1.54, 1.807) is 0 Å². The number of rotatable bonds is 17. The van der Waals surface area contributed by atoms with Crippen molar-refractivity contribution < 1.29 is 41.0 Å². The van der Waals surface area contributed by atoms with E-state index < -0.39 is 30.5 Å². The van der Waals surface area contributed by atoms with Crippen LogP contribution in [0.15, 0.2) is 12.7 Å². The summed E-state index contributed by atoms with van der Waals surface area (Å²) in [6.07, 6.45) is 3.55. The standard InChI is InChI=1S/C21H34F6O3/c1-2-3-4-5-6-7-8-9-10-11-12-13-14-15-16-17-30-18(28)19(29,20(22,23)24)21(25,26)27/h2,29H,1,3-17H2. The molecule has 1 N–H and O–H groups in total. The highest BCUT2D eigenvalue weighted by Crippen LogP contribution is 2.43. The fourth-order valence-corrected chi connectivity index (χ4v) is 3.00. The Morgan fingerprint density at radius 3 is 1.37 bits per heavy atom. The molecular weight excluding hydrogens is 414 g/mol. The molecule has 0 fully saturated rings. The first-order valence-electron chi connectivity index (χ1n) is 10.6. The van der Waals surface area contributed by atoms with Gasteiger partial charge in [0.1, 0.15) is 0 Å². The molecule has 0 heterocycles. The van der Waals surface area contributed by atoms with Crippen LogP contribution >= 0.6 is 0 Å². The number of hydrogen-bond acceptors (Lipinski definition) is 3. The van der Waals surface area contributed by atoms with Gasteiger partial charge < -0.3 is 9.84 Å². The molecule has 0 aromatic carbocycles.